The number of nitrogens with zero attached hydrogens (tertiary/aromatic N) is 4. The van der Waals surface area contributed by atoms with Crippen LogP contribution >= 0.6 is 0 Å². The summed E-state index contributed by atoms with van der Waals surface area (Å²) < 4.78 is 4.10. The molecule has 0 unspecified atom stereocenters. The Morgan fingerprint density at radius 1 is 0.912 bits per heavy atom. The number of unbranched alkanes of at least 4 members (excludes halogenated alkanes) is 1. The van der Waals surface area contributed by atoms with Crippen molar-refractivity contribution in [1.29, 1.82) is 0 Å². The zero-order chi connectivity index (χ0) is 23.5. The van der Waals surface area contributed by atoms with Crippen molar-refractivity contribution in [3.63, 3.8) is 0 Å². The monoisotopic (exact) mass is 449 g/mol. The topological polar surface area (TPSA) is 78.2 Å². The van der Waals surface area contributed by atoms with E-state index in [1.54, 1.807) is 6.07 Å². The molecule has 0 spiro atoms. The lowest BCUT2D eigenvalue weighted by atomic mass is 9.98. The van der Waals surface area contributed by atoms with E-state index in [0.29, 0.717) is 12.1 Å². The van der Waals surface area contributed by atoms with Crippen LogP contribution in [-0.2, 0) is 13.0 Å². The van der Waals surface area contributed by atoms with E-state index in [1.807, 2.05) is 59.2 Å². The van der Waals surface area contributed by atoms with Crippen LogP contribution in [0.2, 0.25) is 0 Å². The van der Waals surface area contributed by atoms with Gasteiger partial charge in [0.15, 0.2) is 0 Å². The van der Waals surface area contributed by atoms with E-state index >= 15 is 0 Å². The van der Waals surface area contributed by atoms with Gasteiger partial charge in [-0.2, -0.15) is 5.10 Å². The highest BCUT2D eigenvalue weighted by molar-refractivity contribution is 5.99. The Morgan fingerprint density at radius 2 is 1.65 bits per heavy atom. The molecule has 0 fully saturated rings. The predicted octanol–water partition coefficient (Wildman–Crippen LogP) is 5.35. The first kappa shape index (κ1) is 21.6. The van der Waals surface area contributed by atoms with E-state index in [1.165, 1.54) is 0 Å². The van der Waals surface area contributed by atoms with Gasteiger partial charge in [-0.05, 0) is 29.2 Å². The largest absolute Gasteiger partial charge is 0.366 e. The minimum atomic E-state index is -0.422. The number of fused-ring (bicyclic) bond motifs is 1. The molecule has 0 bridgehead atoms. The van der Waals surface area contributed by atoms with E-state index in [0.717, 1.165) is 58.8 Å². The number of amides is 1. The fourth-order valence-corrected chi connectivity index (χ4v) is 4.26. The van der Waals surface area contributed by atoms with Gasteiger partial charge in [0.1, 0.15) is 5.82 Å². The van der Waals surface area contributed by atoms with Crippen LogP contribution in [0, 0.1) is 0 Å². The van der Waals surface area contributed by atoms with Crippen molar-refractivity contribution in [3.8, 4) is 22.4 Å². The molecule has 0 atom stereocenters. The van der Waals surface area contributed by atoms with Gasteiger partial charge in [0.05, 0.1) is 18.4 Å². The van der Waals surface area contributed by atoms with Gasteiger partial charge in [0.25, 0.3) is 0 Å². The van der Waals surface area contributed by atoms with Gasteiger partial charge in [-0.3, -0.25) is 9.36 Å². The van der Waals surface area contributed by atoms with Crippen molar-refractivity contribution < 1.29 is 4.79 Å². The second kappa shape index (κ2) is 9.35. The average Bonchev–Trinajstić information content (AvgIpc) is 3.42. The average molecular weight is 450 g/mol. The highest BCUT2D eigenvalue weighted by Crippen LogP contribution is 2.25. The maximum Gasteiger partial charge on any atom is 0.249 e. The fourth-order valence-electron chi connectivity index (χ4n) is 4.26. The van der Waals surface area contributed by atoms with Gasteiger partial charge in [-0.1, -0.05) is 86.1 Å². The number of hydrogen-bond acceptors (Lipinski definition) is 3. The van der Waals surface area contributed by atoms with Crippen molar-refractivity contribution >= 4 is 11.7 Å². The van der Waals surface area contributed by atoms with Crippen LogP contribution in [0.15, 0.2) is 85.1 Å². The number of aromatic nitrogens is 4. The summed E-state index contributed by atoms with van der Waals surface area (Å²) in [5.74, 6) is 1.45. The van der Waals surface area contributed by atoms with Gasteiger partial charge in [-0.15, -0.1) is 0 Å². The molecule has 0 aliphatic rings. The summed E-state index contributed by atoms with van der Waals surface area (Å²) in [7, 11) is 0. The molecule has 1 amide bonds. The van der Waals surface area contributed by atoms with Crippen LogP contribution in [0.4, 0.5) is 0 Å². The Morgan fingerprint density at radius 3 is 2.38 bits per heavy atom. The molecule has 0 saturated heterocycles. The molecule has 0 radical (unpaired) electrons. The van der Waals surface area contributed by atoms with Crippen molar-refractivity contribution in [1.82, 2.24) is 19.2 Å². The van der Waals surface area contributed by atoms with E-state index in [2.05, 4.69) is 35.8 Å². The maximum absolute atomic E-state index is 11.8. The van der Waals surface area contributed by atoms with Gasteiger partial charge >= 0.3 is 0 Å². The third-order valence-corrected chi connectivity index (χ3v) is 6.07. The van der Waals surface area contributed by atoms with Gasteiger partial charge in [0, 0.05) is 17.5 Å². The van der Waals surface area contributed by atoms with Crippen LogP contribution < -0.4 is 5.73 Å². The molecular weight excluding hydrogens is 422 g/mol. The van der Waals surface area contributed by atoms with Crippen molar-refractivity contribution in [2.24, 2.45) is 5.73 Å². The lowest BCUT2D eigenvalue weighted by Crippen LogP contribution is -2.12. The quantitative estimate of drug-likeness (QED) is 0.347. The number of imidazole rings is 1. The minimum Gasteiger partial charge on any atom is -0.366 e. The maximum atomic E-state index is 11.8. The summed E-state index contributed by atoms with van der Waals surface area (Å²) in [6.07, 6.45) is 5.10. The third kappa shape index (κ3) is 4.22. The predicted molar refractivity (Wildman–Crippen MR) is 135 cm³/mol. The molecule has 170 valence electrons. The summed E-state index contributed by atoms with van der Waals surface area (Å²) in [6.45, 7) is 2.86. The Bertz CT molecular complexity index is 1430. The first-order chi connectivity index (χ1) is 16.6. The highest BCUT2D eigenvalue weighted by atomic mass is 16.1. The molecule has 2 N–H and O–H groups in total. The molecule has 2 aromatic heterocycles. The van der Waals surface area contributed by atoms with Crippen LogP contribution in [0.25, 0.3) is 28.2 Å². The van der Waals surface area contributed by atoms with Crippen molar-refractivity contribution in [3.05, 3.63) is 102 Å². The van der Waals surface area contributed by atoms with E-state index in [-0.39, 0.29) is 0 Å². The first-order valence-electron chi connectivity index (χ1n) is 11.6. The number of carbonyl (C=O) groups excluding carboxylic acids is 1. The lowest BCUT2D eigenvalue weighted by molar-refractivity contribution is 0.100. The smallest absolute Gasteiger partial charge is 0.249 e. The van der Waals surface area contributed by atoms with Gasteiger partial charge in [-0.25, -0.2) is 9.50 Å². The SMILES string of the molecule is CCCCc1nn2cc(-c3ccccc3)nc2n1Cc1ccc(-c2ccccc2C(N)=O)cc1. The van der Waals surface area contributed by atoms with Crippen LogP contribution in [-0.4, -0.2) is 25.1 Å². The standard InChI is InChI=1S/C28H27N5O/c1-2-3-13-26-31-33-19-25(22-9-5-4-6-10-22)30-28(33)32(26)18-20-14-16-21(17-15-20)23-11-7-8-12-24(23)27(29)34/h4-12,14-17,19H,2-3,13,18H2,1H3,(H2,29,34). The fraction of sp³-hybridized carbons (Fsp3) is 0.179. The van der Waals surface area contributed by atoms with Crippen LogP contribution in [0.5, 0.6) is 0 Å². The second-order valence-corrected chi connectivity index (χ2v) is 8.45. The highest BCUT2D eigenvalue weighted by Gasteiger charge is 2.16. The van der Waals surface area contributed by atoms with Crippen LogP contribution in [0.3, 0.4) is 0 Å². The number of nitrogens with two attached hydrogens (primary N) is 1. The van der Waals surface area contributed by atoms with Crippen LogP contribution in [0.1, 0.15) is 41.5 Å². The minimum absolute atomic E-state index is 0.422. The van der Waals surface area contributed by atoms with E-state index < -0.39 is 5.91 Å². The molecule has 34 heavy (non-hydrogen) atoms. The number of rotatable bonds is 8. The molecule has 2 heterocycles. The zero-order valence-corrected chi connectivity index (χ0v) is 19.2. The Kier molecular flexibility index (Phi) is 5.95. The number of primary amides is 1. The molecule has 6 nitrogen and oxygen atoms in total. The van der Waals surface area contributed by atoms with Crippen molar-refractivity contribution in [2.75, 3.05) is 0 Å². The number of aryl methyl sites for hydroxylation is 1. The third-order valence-electron chi connectivity index (χ3n) is 6.07. The molecule has 5 aromatic rings. The van der Waals surface area contributed by atoms with Gasteiger partial charge in [0.2, 0.25) is 11.7 Å². The van der Waals surface area contributed by atoms with Gasteiger partial charge < -0.3 is 5.73 Å². The lowest BCUT2D eigenvalue weighted by Gasteiger charge is -2.10. The molecule has 6 heteroatoms. The molecule has 3 aromatic carbocycles. The Balaban J connectivity index is 1.48. The van der Waals surface area contributed by atoms with Crippen molar-refractivity contribution in [2.45, 2.75) is 32.7 Å². The molecule has 0 aliphatic heterocycles. The second-order valence-electron chi connectivity index (χ2n) is 8.45. The normalized spacial score (nSPS) is 11.2. The summed E-state index contributed by atoms with van der Waals surface area (Å²) in [4.78, 5) is 16.7. The molecule has 5 rings (SSSR count). The van der Waals surface area contributed by atoms with E-state index in [9.17, 15) is 4.79 Å². The molecule has 0 aliphatic carbocycles. The molecule has 0 saturated carbocycles. The Hall–Kier alpha value is -4.19. The summed E-state index contributed by atoms with van der Waals surface area (Å²) in [5, 5.41) is 4.85. The first-order valence-corrected chi connectivity index (χ1v) is 11.6. The number of hydrogen-bond donors (Lipinski definition) is 1. The number of carbonyl (C=O) groups is 1. The summed E-state index contributed by atoms with van der Waals surface area (Å²) in [6, 6.07) is 25.9. The molecular formula is C28H27N5O. The summed E-state index contributed by atoms with van der Waals surface area (Å²) in [5.41, 5.74) is 11.0. The zero-order valence-electron chi connectivity index (χ0n) is 19.2. The van der Waals surface area contributed by atoms with E-state index in [4.69, 9.17) is 15.8 Å². The number of benzene rings is 3. The summed E-state index contributed by atoms with van der Waals surface area (Å²) >= 11 is 0. The Labute approximate surface area is 198 Å².